The van der Waals surface area contributed by atoms with Gasteiger partial charge in [0, 0.05) is 22.6 Å². The van der Waals surface area contributed by atoms with E-state index in [1.165, 1.54) is 0 Å². The number of aryl methyl sites for hydroxylation is 2. The van der Waals surface area contributed by atoms with Crippen molar-refractivity contribution < 1.29 is 14.8 Å². The molecule has 0 N–H and O–H groups in total. The molecule has 2 aromatic rings. The lowest BCUT2D eigenvalue weighted by atomic mass is 10.3. The average Bonchev–Trinajstić information content (AvgIpc) is 3.00. The summed E-state index contributed by atoms with van der Waals surface area (Å²) in [5.74, 6) is 0. The zero-order valence-electron chi connectivity index (χ0n) is 11.4. The molecule has 0 amide bonds. The third kappa shape index (κ3) is 4.24. The Labute approximate surface area is 124 Å². The molecular formula is C12H16N3O3S2+. The van der Waals surface area contributed by atoms with Crippen molar-refractivity contribution in [2.75, 3.05) is 13.2 Å². The van der Waals surface area contributed by atoms with Gasteiger partial charge in [-0.2, -0.15) is 9.68 Å². The molecule has 0 aliphatic heterocycles. The Morgan fingerprint density at radius 2 is 1.45 bits per heavy atom. The lowest BCUT2D eigenvalue weighted by Crippen LogP contribution is -2.14. The molecule has 0 fully saturated rings. The summed E-state index contributed by atoms with van der Waals surface area (Å²) in [7, 11) is 0. The molecule has 0 saturated carbocycles. The van der Waals surface area contributed by atoms with Gasteiger partial charge in [0.2, 0.25) is 0 Å². The molecule has 0 aliphatic rings. The van der Waals surface area contributed by atoms with E-state index < -0.39 is 0 Å². The molecule has 8 heteroatoms. The van der Waals surface area contributed by atoms with E-state index in [0.717, 1.165) is 21.1 Å². The van der Waals surface area contributed by atoms with Gasteiger partial charge >= 0.3 is 5.09 Å². The van der Waals surface area contributed by atoms with Gasteiger partial charge in [0.25, 0.3) is 0 Å². The summed E-state index contributed by atoms with van der Waals surface area (Å²) in [5.41, 5.74) is 5.54. The topological polar surface area (TPSA) is 64.3 Å². The van der Waals surface area contributed by atoms with E-state index >= 15 is 0 Å². The van der Waals surface area contributed by atoms with Crippen molar-refractivity contribution in [3.05, 3.63) is 37.1 Å². The van der Waals surface area contributed by atoms with Crippen LogP contribution < -0.4 is 0 Å². The van der Waals surface area contributed by atoms with Gasteiger partial charge in [-0.1, -0.05) is 0 Å². The second kappa shape index (κ2) is 7.30. The van der Waals surface area contributed by atoms with E-state index in [1.807, 2.05) is 13.8 Å². The fourth-order valence-electron chi connectivity index (χ4n) is 1.60. The maximum Gasteiger partial charge on any atom is 0.477 e. The van der Waals surface area contributed by atoms with E-state index in [4.69, 9.17) is 9.68 Å². The first-order valence-electron chi connectivity index (χ1n) is 6.18. The molecule has 2 rings (SSSR count). The van der Waals surface area contributed by atoms with Gasteiger partial charge in [-0.15, -0.1) is 22.7 Å². The predicted molar refractivity (Wildman–Crippen MR) is 76.6 cm³/mol. The molecule has 0 bridgehead atoms. The molecular weight excluding hydrogens is 298 g/mol. The van der Waals surface area contributed by atoms with Gasteiger partial charge in [0.1, 0.15) is 4.91 Å². The summed E-state index contributed by atoms with van der Waals surface area (Å²) in [6.45, 7) is 4.45. The van der Waals surface area contributed by atoms with E-state index in [-0.39, 0.29) is 18.3 Å². The number of aromatic nitrogens is 2. The van der Waals surface area contributed by atoms with Crippen LogP contribution in [0, 0.1) is 18.8 Å². The maximum atomic E-state index is 11.3. The Morgan fingerprint density at radius 3 is 1.80 bits per heavy atom. The van der Waals surface area contributed by atoms with Gasteiger partial charge in [-0.25, -0.2) is 9.97 Å². The molecule has 0 atom stereocenters. The number of hydrogen-bond donors (Lipinski definition) is 0. The highest BCUT2D eigenvalue weighted by Crippen LogP contribution is 2.13. The highest BCUT2D eigenvalue weighted by Gasteiger charge is 2.14. The van der Waals surface area contributed by atoms with Gasteiger partial charge in [-0.05, 0) is 13.8 Å². The predicted octanol–water partition coefficient (Wildman–Crippen LogP) is 2.64. The number of thiazole rings is 2. The maximum absolute atomic E-state index is 11.3. The molecule has 0 aromatic carbocycles. The first-order chi connectivity index (χ1) is 9.66. The Hall–Kier alpha value is -1.54. The summed E-state index contributed by atoms with van der Waals surface area (Å²) < 4.78 is 0. The minimum atomic E-state index is 0.187. The van der Waals surface area contributed by atoms with Gasteiger partial charge in [0.15, 0.2) is 13.2 Å². The summed E-state index contributed by atoms with van der Waals surface area (Å²) in [6.07, 6.45) is 1.32. The smallest absolute Gasteiger partial charge is 0.250 e. The fourth-order valence-corrected chi connectivity index (χ4v) is 3.12. The van der Waals surface area contributed by atoms with Crippen molar-refractivity contribution in [3.63, 3.8) is 0 Å². The van der Waals surface area contributed by atoms with Gasteiger partial charge in [-0.3, -0.25) is 0 Å². The van der Waals surface area contributed by atoms with Gasteiger partial charge < -0.3 is 0 Å². The molecule has 0 spiro atoms. The Bertz CT molecular complexity index is 520. The van der Waals surface area contributed by atoms with Crippen molar-refractivity contribution >= 4 is 22.7 Å². The van der Waals surface area contributed by atoms with Crippen molar-refractivity contribution in [1.82, 2.24) is 9.97 Å². The number of hydrogen-bond acceptors (Lipinski definition) is 7. The molecule has 2 heterocycles. The molecule has 2 aromatic heterocycles. The van der Waals surface area contributed by atoms with Crippen LogP contribution in [0.1, 0.15) is 21.1 Å². The molecule has 20 heavy (non-hydrogen) atoms. The summed E-state index contributed by atoms with van der Waals surface area (Å²) in [6, 6.07) is 0. The molecule has 0 radical (unpaired) electrons. The van der Waals surface area contributed by atoms with Crippen LogP contribution in [0.3, 0.4) is 0 Å². The first-order valence-corrected chi connectivity index (χ1v) is 7.93. The summed E-state index contributed by atoms with van der Waals surface area (Å²) >= 11 is 3.12. The van der Waals surface area contributed by atoms with E-state index in [9.17, 15) is 4.91 Å². The fraction of sp³-hybridized carbons (Fsp3) is 0.500. The molecule has 6 nitrogen and oxygen atoms in total. The van der Waals surface area contributed by atoms with Crippen molar-refractivity contribution in [2.45, 2.75) is 26.7 Å². The molecule has 0 unspecified atom stereocenters. The van der Waals surface area contributed by atoms with Crippen molar-refractivity contribution in [3.8, 4) is 0 Å². The minimum absolute atomic E-state index is 0.187. The van der Waals surface area contributed by atoms with Gasteiger partial charge in [0.05, 0.1) is 22.4 Å². The van der Waals surface area contributed by atoms with Crippen LogP contribution in [0.5, 0.6) is 0 Å². The third-order valence-electron chi connectivity index (χ3n) is 2.74. The van der Waals surface area contributed by atoms with Crippen molar-refractivity contribution in [2.24, 2.45) is 0 Å². The lowest BCUT2D eigenvalue weighted by molar-refractivity contribution is -0.981. The quantitative estimate of drug-likeness (QED) is 0.701. The number of rotatable bonds is 8. The van der Waals surface area contributed by atoms with Crippen LogP contribution in [0.2, 0.25) is 0 Å². The van der Waals surface area contributed by atoms with E-state index in [0.29, 0.717) is 12.8 Å². The monoisotopic (exact) mass is 314 g/mol. The van der Waals surface area contributed by atoms with E-state index in [2.05, 4.69) is 9.97 Å². The largest absolute Gasteiger partial charge is 0.477 e. The lowest BCUT2D eigenvalue weighted by Gasteiger charge is -1.96. The van der Waals surface area contributed by atoms with Crippen LogP contribution in [0.4, 0.5) is 0 Å². The minimum Gasteiger partial charge on any atom is -0.250 e. The second-order valence-electron chi connectivity index (χ2n) is 4.11. The average molecular weight is 314 g/mol. The van der Waals surface area contributed by atoms with Crippen LogP contribution in [-0.2, 0) is 22.5 Å². The molecule has 108 valence electrons. The summed E-state index contributed by atoms with van der Waals surface area (Å²) in [5, 5.41) is 0.187. The zero-order chi connectivity index (χ0) is 14.4. The first kappa shape index (κ1) is 14.9. The molecule has 0 aliphatic carbocycles. The van der Waals surface area contributed by atoms with Crippen LogP contribution >= 0.6 is 22.7 Å². The Morgan fingerprint density at radius 1 is 1.00 bits per heavy atom. The second-order valence-corrected chi connectivity index (χ2v) is 5.99. The van der Waals surface area contributed by atoms with Crippen LogP contribution in [-0.4, -0.2) is 28.3 Å². The van der Waals surface area contributed by atoms with Crippen LogP contribution in [0.25, 0.3) is 0 Å². The highest BCUT2D eigenvalue weighted by atomic mass is 32.1. The third-order valence-corrected chi connectivity index (χ3v) is 4.73. The zero-order valence-corrected chi connectivity index (χ0v) is 13.0. The van der Waals surface area contributed by atoms with Crippen LogP contribution in [0.15, 0.2) is 11.0 Å². The summed E-state index contributed by atoms with van der Waals surface area (Å²) in [4.78, 5) is 31.7. The standard InChI is InChI=1S/C12H16N3O3S2/c1-9-11(19-7-13-9)3-5-17-15(16)18-6-4-12-10(2)14-8-20-12/h7-8H,3-6H2,1-2H3/q+1. The normalized spacial score (nSPS) is 10.5. The SMILES string of the molecule is Cc1ncsc1CCO[N+](=O)OCCc1scnc1C. The molecule has 0 saturated heterocycles. The van der Waals surface area contributed by atoms with E-state index in [1.54, 1.807) is 33.7 Å². The number of nitrogens with zero attached hydrogens (tertiary/aromatic N) is 3. The Kier molecular flexibility index (Phi) is 5.42. The van der Waals surface area contributed by atoms with Crippen molar-refractivity contribution in [1.29, 1.82) is 0 Å². The highest BCUT2D eigenvalue weighted by molar-refractivity contribution is 7.10. The Balaban J connectivity index is 1.61.